The molecule has 2 aromatic carbocycles. The Balaban J connectivity index is 1.88. The summed E-state index contributed by atoms with van der Waals surface area (Å²) >= 11 is 6.14. The Kier molecular flexibility index (Phi) is 7.88. The van der Waals surface area contributed by atoms with E-state index in [1.807, 2.05) is 12.1 Å². The molecule has 0 aliphatic carbocycles. The molecular weight excluding hydrogens is 432 g/mol. The Labute approximate surface area is 191 Å². The first-order valence-electron chi connectivity index (χ1n) is 9.61. The maximum atomic E-state index is 13.0. The summed E-state index contributed by atoms with van der Waals surface area (Å²) in [5, 5.41) is 6.41. The second-order valence-electron chi connectivity index (χ2n) is 6.51. The van der Waals surface area contributed by atoms with Crippen molar-refractivity contribution in [1.82, 2.24) is 10.3 Å². The number of hydrogen-bond acceptors (Lipinski definition) is 6. The second kappa shape index (κ2) is 11.0. The number of nitrogens with one attached hydrogen (secondary N) is 2. The zero-order valence-corrected chi connectivity index (χ0v) is 18.6. The van der Waals surface area contributed by atoms with E-state index in [4.69, 9.17) is 25.8 Å². The lowest BCUT2D eigenvalue weighted by Gasteiger charge is -2.15. The van der Waals surface area contributed by atoms with Crippen LogP contribution in [0.5, 0.6) is 17.2 Å². The molecule has 0 aliphatic rings. The first-order chi connectivity index (χ1) is 15.5. The molecule has 0 saturated heterocycles. The molecule has 3 rings (SSSR count). The van der Waals surface area contributed by atoms with Crippen LogP contribution in [0.2, 0.25) is 5.02 Å². The second-order valence-corrected chi connectivity index (χ2v) is 6.95. The molecule has 0 atom stereocenters. The number of guanidine groups is 1. The number of methoxy groups -OCH3 is 3. The minimum Gasteiger partial charge on any atom is -0.495 e. The molecule has 1 aromatic heterocycles. The number of ether oxygens (including phenoxy) is 3. The lowest BCUT2D eigenvalue weighted by Crippen LogP contribution is -2.36. The Morgan fingerprint density at radius 2 is 1.62 bits per heavy atom. The number of nitrogens with zero attached hydrogens (tertiary/aromatic N) is 2. The summed E-state index contributed by atoms with van der Waals surface area (Å²) in [7, 11) is 4.59. The van der Waals surface area contributed by atoms with Crippen LogP contribution in [-0.4, -0.2) is 38.2 Å². The molecule has 0 spiro atoms. The third-order valence-electron chi connectivity index (χ3n) is 4.46. The van der Waals surface area contributed by atoms with Crippen LogP contribution >= 0.6 is 11.6 Å². The van der Waals surface area contributed by atoms with Gasteiger partial charge in [0.25, 0.3) is 5.91 Å². The van der Waals surface area contributed by atoms with Crippen molar-refractivity contribution >= 4 is 29.2 Å². The Hall–Kier alpha value is -3.78. The molecular formula is C23H23ClN4O4. The summed E-state index contributed by atoms with van der Waals surface area (Å²) in [5.41, 5.74) is 1.86. The van der Waals surface area contributed by atoms with Crippen molar-refractivity contribution in [3.05, 3.63) is 77.1 Å². The van der Waals surface area contributed by atoms with E-state index in [0.29, 0.717) is 40.1 Å². The zero-order valence-electron chi connectivity index (χ0n) is 17.9. The number of pyridine rings is 1. The lowest BCUT2D eigenvalue weighted by atomic mass is 10.2. The van der Waals surface area contributed by atoms with Gasteiger partial charge in [-0.1, -0.05) is 11.6 Å². The number of anilines is 1. The van der Waals surface area contributed by atoms with Gasteiger partial charge in [-0.15, -0.1) is 0 Å². The van der Waals surface area contributed by atoms with Gasteiger partial charge in [0.05, 0.1) is 33.6 Å². The molecule has 3 aromatic rings. The first-order valence-corrected chi connectivity index (χ1v) is 9.99. The Morgan fingerprint density at radius 1 is 0.938 bits per heavy atom. The average molecular weight is 455 g/mol. The summed E-state index contributed by atoms with van der Waals surface area (Å²) in [5.74, 6) is 1.36. The predicted molar refractivity (Wildman–Crippen MR) is 124 cm³/mol. The third kappa shape index (κ3) is 5.89. The highest BCUT2D eigenvalue weighted by molar-refractivity contribution is 6.31. The van der Waals surface area contributed by atoms with E-state index in [1.165, 1.54) is 14.2 Å². The largest absolute Gasteiger partial charge is 0.495 e. The van der Waals surface area contributed by atoms with Crippen molar-refractivity contribution in [2.75, 3.05) is 26.6 Å². The van der Waals surface area contributed by atoms with E-state index in [-0.39, 0.29) is 11.9 Å². The van der Waals surface area contributed by atoms with Crippen LogP contribution in [0.15, 0.2) is 65.9 Å². The number of halogens is 1. The van der Waals surface area contributed by atoms with E-state index in [2.05, 4.69) is 20.6 Å². The smallest absolute Gasteiger partial charge is 0.258 e. The van der Waals surface area contributed by atoms with Crippen LogP contribution in [0.4, 0.5) is 5.69 Å². The number of amides is 1. The molecule has 2 N–H and O–H groups in total. The fourth-order valence-electron chi connectivity index (χ4n) is 2.83. The minimum atomic E-state index is -0.382. The van der Waals surface area contributed by atoms with Gasteiger partial charge in [-0.25, -0.2) is 4.99 Å². The van der Waals surface area contributed by atoms with Gasteiger partial charge < -0.3 is 19.5 Å². The molecule has 1 amide bonds. The summed E-state index contributed by atoms with van der Waals surface area (Å²) in [6.45, 7) is 0.319. The molecule has 0 bridgehead atoms. The molecule has 0 radical (unpaired) electrons. The van der Waals surface area contributed by atoms with Gasteiger partial charge in [0.15, 0.2) is 11.5 Å². The van der Waals surface area contributed by atoms with Crippen molar-refractivity contribution in [3.8, 4) is 17.2 Å². The van der Waals surface area contributed by atoms with Gasteiger partial charge >= 0.3 is 0 Å². The Morgan fingerprint density at radius 3 is 2.31 bits per heavy atom. The van der Waals surface area contributed by atoms with Crippen LogP contribution < -0.4 is 24.8 Å². The summed E-state index contributed by atoms with van der Waals surface area (Å²) < 4.78 is 15.9. The van der Waals surface area contributed by atoms with E-state index >= 15 is 0 Å². The minimum absolute atomic E-state index is 0.224. The lowest BCUT2D eigenvalue weighted by molar-refractivity contribution is 0.0976. The van der Waals surface area contributed by atoms with E-state index in [9.17, 15) is 4.79 Å². The number of carbonyl (C=O) groups excluding carboxylic acids is 1. The van der Waals surface area contributed by atoms with Gasteiger partial charge in [-0.3, -0.25) is 15.1 Å². The van der Waals surface area contributed by atoms with Crippen molar-refractivity contribution in [2.45, 2.75) is 6.54 Å². The standard InChI is InChI=1S/C23H23ClN4O4/c1-30-19-7-5-17(24)13-18(19)27-23(26-14-15-8-10-25-11-9-15)28-22(29)16-4-6-20(31-2)21(12-16)32-3/h4-13H,14H2,1-3H3,(H2,26,27,28,29). The fraction of sp³-hybridized carbons (Fsp3) is 0.174. The van der Waals surface area contributed by atoms with Crippen LogP contribution in [0.1, 0.15) is 15.9 Å². The molecule has 9 heteroatoms. The molecule has 32 heavy (non-hydrogen) atoms. The zero-order chi connectivity index (χ0) is 22.9. The molecule has 0 saturated carbocycles. The molecule has 0 fully saturated rings. The SMILES string of the molecule is COc1ccc(Cl)cc1NC(=NCc1ccncc1)NC(=O)c1ccc(OC)c(OC)c1. The fourth-order valence-corrected chi connectivity index (χ4v) is 3.00. The quantitative estimate of drug-likeness (QED) is 0.411. The van der Waals surface area contributed by atoms with Crippen LogP contribution in [-0.2, 0) is 6.54 Å². The van der Waals surface area contributed by atoms with Crippen molar-refractivity contribution in [3.63, 3.8) is 0 Å². The van der Waals surface area contributed by atoms with Crippen molar-refractivity contribution in [1.29, 1.82) is 0 Å². The number of rotatable bonds is 7. The van der Waals surface area contributed by atoms with Gasteiger partial charge in [0.1, 0.15) is 5.75 Å². The molecule has 0 aliphatic heterocycles. The van der Waals surface area contributed by atoms with Gasteiger partial charge in [0, 0.05) is 23.0 Å². The third-order valence-corrected chi connectivity index (χ3v) is 4.70. The highest BCUT2D eigenvalue weighted by atomic mass is 35.5. The number of carbonyl (C=O) groups is 1. The van der Waals surface area contributed by atoms with Crippen LogP contribution in [0.25, 0.3) is 0 Å². The van der Waals surface area contributed by atoms with Gasteiger partial charge in [-0.05, 0) is 54.1 Å². The number of aromatic nitrogens is 1. The number of benzene rings is 2. The van der Waals surface area contributed by atoms with E-state index < -0.39 is 0 Å². The van der Waals surface area contributed by atoms with Gasteiger partial charge in [0.2, 0.25) is 5.96 Å². The first kappa shape index (κ1) is 22.9. The maximum Gasteiger partial charge on any atom is 0.258 e. The summed E-state index contributed by atoms with van der Waals surface area (Å²) in [6, 6.07) is 13.7. The molecule has 8 nitrogen and oxygen atoms in total. The number of aliphatic imine (C=N–C) groups is 1. The molecule has 166 valence electrons. The van der Waals surface area contributed by atoms with Gasteiger partial charge in [-0.2, -0.15) is 0 Å². The summed E-state index contributed by atoms with van der Waals surface area (Å²) in [4.78, 5) is 21.5. The summed E-state index contributed by atoms with van der Waals surface area (Å²) in [6.07, 6.45) is 3.36. The number of hydrogen-bond donors (Lipinski definition) is 2. The molecule has 0 unspecified atom stereocenters. The van der Waals surface area contributed by atoms with Crippen LogP contribution in [0, 0.1) is 0 Å². The highest BCUT2D eigenvalue weighted by Gasteiger charge is 2.14. The van der Waals surface area contributed by atoms with Crippen LogP contribution in [0.3, 0.4) is 0 Å². The van der Waals surface area contributed by atoms with E-state index in [0.717, 1.165) is 5.56 Å². The predicted octanol–water partition coefficient (Wildman–Crippen LogP) is 4.16. The Bertz CT molecular complexity index is 1110. The maximum absolute atomic E-state index is 13.0. The van der Waals surface area contributed by atoms with E-state index in [1.54, 1.807) is 55.9 Å². The highest BCUT2D eigenvalue weighted by Crippen LogP contribution is 2.29. The normalized spacial score (nSPS) is 10.9. The van der Waals surface area contributed by atoms with Crippen molar-refractivity contribution in [2.24, 2.45) is 4.99 Å². The molecule has 1 heterocycles. The average Bonchev–Trinajstić information content (AvgIpc) is 2.82. The topological polar surface area (TPSA) is 94.1 Å². The monoisotopic (exact) mass is 454 g/mol. The van der Waals surface area contributed by atoms with Crippen molar-refractivity contribution < 1.29 is 19.0 Å².